The van der Waals surface area contributed by atoms with E-state index in [0.717, 1.165) is 6.07 Å². The molecule has 0 unspecified atom stereocenters. The van der Waals surface area contributed by atoms with Gasteiger partial charge in [0.2, 0.25) is 0 Å². The van der Waals surface area contributed by atoms with Crippen LogP contribution in [0, 0.1) is 5.82 Å². The third kappa shape index (κ3) is 3.03. The van der Waals surface area contributed by atoms with E-state index in [-0.39, 0.29) is 5.69 Å². The van der Waals surface area contributed by atoms with Gasteiger partial charge in [0.05, 0.1) is 5.56 Å². The maximum atomic E-state index is 13.1. The summed E-state index contributed by atoms with van der Waals surface area (Å²) in [6.07, 6.45) is 0. The molecular formula is C13H10BrFN2O2. The molecule has 2 aromatic carbocycles. The number of amides is 1. The number of anilines is 2. The molecule has 0 atom stereocenters. The van der Waals surface area contributed by atoms with E-state index in [0.29, 0.717) is 15.7 Å². The van der Waals surface area contributed by atoms with Crippen molar-refractivity contribution in [3.63, 3.8) is 0 Å². The van der Waals surface area contributed by atoms with Gasteiger partial charge in [-0.3, -0.25) is 4.79 Å². The maximum absolute atomic E-state index is 13.1. The number of phenols is 1. The molecule has 4 N–H and O–H groups in total. The van der Waals surface area contributed by atoms with Gasteiger partial charge >= 0.3 is 0 Å². The summed E-state index contributed by atoms with van der Waals surface area (Å²) in [4.78, 5) is 12.0. The summed E-state index contributed by atoms with van der Waals surface area (Å²) in [7, 11) is 0. The second-order valence-electron chi connectivity index (χ2n) is 3.86. The quantitative estimate of drug-likeness (QED) is 0.586. The Bertz CT molecular complexity index is 647. The Balaban J connectivity index is 2.25. The number of nitrogen functional groups attached to an aromatic ring is 1. The van der Waals surface area contributed by atoms with Crippen molar-refractivity contribution in [1.82, 2.24) is 0 Å². The fourth-order valence-corrected chi connectivity index (χ4v) is 1.93. The van der Waals surface area contributed by atoms with Crippen LogP contribution < -0.4 is 11.1 Å². The topological polar surface area (TPSA) is 75.4 Å². The molecule has 19 heavy (non-hydrogen) atoms. The monoisotopic (exact) mass is 324 g/mol. The number of rotatable bonds is 2. The lowest BCUT2D eigenvalue weighted by molar-refractivity contribution is 0.102. The number of nitrogens with two attached hydrogens (primary N) is 1. The van der Waals surface area contributed by atoms with Crippen molar-refractivity contribution in [3.8, 4) is 5.75 Å². The van der Waals surface area contributed by atoms with E-state index >= 15 is 0 Å². The van der Waals surface area contributed by atoms with Gasteiger partial charge in [0.1, 0.15) is 0 Å². The normalized spacial score (nSPS) is 10.2. The van der Waals surface area contributed by atoms with Crippen LogP contribution in [0.5, 0.6) is 5.75 Å². The largest absolute Gasteiger partial charge is 0.505 e. The SMILES string of the molecule is Nc1ccc(Br)c(C(=O)Nc2ccc(O)c(F)c2)c1. The molecule has 98 valence electrons. The summed E-state index contributed by atoms with van der Waals surface area (Å²) in [5.74, 6) is -1.70. The molecule has 0 aliphatic carbocycles. The van der Waals surface area contributed by atoms with Crippen molar-refractivity contribution < 1.29 is 14.3 Å². The van der Waals surface area contributed by atoms with Gasteiger partial charge in [-0.15, -0.1) is 0 Å². The number of aromatic hydroxyl groups is 1. The van der Waals surface area contributed by atoms with Crippen molar-refractivity contribution in [1.29, 1.82) is 0 Å². The molecular weight excluding hydrogens is 315 g/mol. The number of halogens is 2. The van der Waals surface area contributed by atoms with E-state index in [1.807, 2.05) is 0 Å². The molecule has 1 amide bonds. The van der Waals surface area contributed by atoms with Crippen LogP contribution in [0.3, 0.4) is 0 Å². The van der Waals surface area contributed by atoms with Gasteiger partial charge in [-0.1, -0.05) is 0 Å². The number of hydrogen-bond donors (Lipinski definition) is 3. The van der Waals surface area contributed by atoms with Gasteiger partial charge < -0.3 is 16.2 Å². The highest BCUT2D eigenvalue weighted by atomic mass is 79.9. The predicted molar refractivity (Wildman–Crippen MR) is 74.6 cm³/mol. The highest BCUT2D eigenvalue weighted by Gasteiger charge is 2.11. The third-order valence-corrected chi connectivity index (χ3v) is 3.13. The van der Waals surface area contributed by atoms with Gasteiger partial charge in [-0.2, -0.15) is 0 Å². The standard InChI is InChI=1S/C13H10BrFN2O2/c14-10-3-1-7(16)5-9(10)13(19)17-8-2-4-12(18)11(15)6-8/h1-6,18H,16H2,(H,17,19). The minimum Gasteiger partial charge on any atom is -0.505 e. The fraction of sp³-hybridized carbons (Fsp3) is 0. The highest BCUT2D eigenvalue weighted by Crippen LogP contribution is 2.23. The first-order valence-electron chi connectivity index (χ1n) is 5.32. The molecule has 0 fully saturated rings. The molecule has 4 nitrogen and oxygen atoms in total. The molecule has 0 bridgehead atoms. The van der Waals surface area contributed by atoms with Crippen LogP contribution in [0.4, 0.5) is 15.8 Å². The van der Waals surface area contributed by atoms with Gasteiger partial charge in [0.25, 0.3) is 5.91 Å². The zero-order valence-electron chi connectivity index (χ0n) is 9.65. The van der Waals surface area contributed by atoms with Crippen LogP contribution in [0.2, 0.25) is 0 Å². The minimum absolute atomic E-state index is 0.245. The Kier molecular flexibility index (Phi) is 3.71. The summed E-state index contributed by atoms with van der Waals surface area (Å²) in [5.41, 5.74) is 6.64. The van der Waals surface area contributed by atoms with Crippen molar-refractivity contribution in [2.45, 2.75) is 0 Å². The van der Waals surface area contributed by atoms with E-state index in [1.54, 1.807) is 12.1 Å². The lowest BCUT2D eigenvalue weighted by Crippen LogP contribution is -2.13. The Morgan fingerprint density at radius 1 is 1.26 bits per heavy atom. The van der Waals surface area contributed by atoms with Crippen molar-refractivity contribution in [2.75, 3.05) is 11.1 Å². The number of carbonyl (C=O) groups excluding carboxylic acids is 1. The molecule has 0 aliphatic heterocycles. The van der Waals surface area contributed by atoms with E-state index in [2.05, 4.69) is 21.2 Å². The zero-order chi connectivity index (χ0) is 14.0. The number of benzene rings is 2. The summed E-state index contributed by atoms with van der Waals surface area (Å²) < 4.78 is 13.7. The average molecular weight is 325 g/mol. The number of nitrogens with one attached hydrogen (secondary N) is 1. The van der Waals surface area contributed by atoms with Crippen molar-refractivity contribution >= 4 is 33.2 Å². The van der Waals surface area contributed by atoms with E-state index in [4.69, 9.17) is 10.8 Å². The summed E-state index contributed by atoms with van der Waals surface area (Å²) in [5, 5.41) is 11.6. The summed E-state index contributed by atoms with van der Waals surface area (Å²) in [6.45, 7) is 0. The van der Waals surface area contributed by atoms with E-state index in [9.17, 15) is 9.18 Å². The van der Waals surface area contributed by atoms with Crippen LogP contribution in [-0.2, 0) is 0 Å². The first-order valence-corrected chi connectivity index (χ1v) is 6.11. The van der Waals surface area contributed by atoms with Gasteiger partial charge in [0.15, 0.2) is 11.6 Å². The smallest absolute Gasteiger partial charge is 0.256 e. The first-order chi connectivity index (χ1) is 8.97. The second-order valence-corrected chi connectivity index (χ2v) is 4.71. The molecule has 2 aromatic rings. The minimum atomic E-state index is -0.801. The highest BCUT2D eigenvalue weighted by molar-refractivity contribution is 9.10. The van der Waals surface area contributed by atoms with Crippen LogP contribution in [0.15, 0.2) is 40.9 Å². The Morgan fingerprint density at radius 2 is 2.00 bits per heavy atom. The molecule has 0 aromatic heterocycles. The Hall–Kier alpha value is -2.08. The zero-order valence-corrected chi connectivity index (χ0v) is 11.2. The maximum Gasteiger partial charge on any atom is 0.256 e. The fourth-order valence-electron chi connectivity index (χ4n) is 1.50. The van der Waals surface area contributed by atoms with Gasteiger partial charge in [0, 0.05) is 21.9 Å². The second kappa shape index (κ2) is 5.27. The van der Waals surface area contributed by atoms with E-state index < -0.39 is 17.5 Å². The predicted octanol–water partition coefficient (Wildman–Crippen LogP) is 3.13. The van der Waals surface area contributed by atoms with Crippen LogP contribution in [0.25, 0.3) is 0 Å². The molecule has 0 saturated carbocycles. The summed E-state index contributed by atoms with van der Waals surface area (Å²) in [6, 6.07) is 8.42. The number of carbonyl (C=O) groups is 1. The van der Waals surface area contributed by atoms with Crippen LogP contribution in [-0.4, -0.2) is 11.0 Å². The lowest BCUT2D eigenvalue weighted by atomic mass is 10.2. The Morgan fingerprint density at radius 3 is 2.68 bits per heavy atom. The molecule has 0 spiro atoms. The molecule has 6 heteroatoms. The van der Waals surface area contributed by atoms with Crippen molar-refractivity contribution in [3.05, 3.63) is 52.3 Å². The van der Waals surface area contributed by atoms with Gasteiger partial charge in [-0.05, 0) is 46.3 Å². The summed E-state index contributed by atoms with van der Waals surface area (Å²) >= 11 is 3.24. The molecule has 2 rings (SSSR count). The Labute approximate surface area is 117 Å². The first kappa shape index (κ1) is 13.4. The van der Waals surface area contributed by atoms with Crippen LogP contribution in [0.1, 0.15) is 10.4 Å². The van der Waals surface area contributed by atoms with Crippen LogP contribution >= 0.6 is 15.9 Å². The number of phenolic OH excluding ortho intramolecular Hbond substituents is 1. The molecule has 0 heterocycles. The molecule has 0 aliphatic rings. The average Bonchev–Trinajstić information content (AvgIpc) is 2.36. The van der Waals surface area contributed by atoms with Crippen molar-refractivity contribution in [2.24, 2.45) is 0 Å². The van der Waals surface area contributed by atoms with Gasteiger partial charge in [-0.25, -0.2) is 4.39 Å². The third-order valence-electron chi connectivity index (χ3n) is 2.44. The lowest BCUT2D eigenvalue weighted by Gasteiger charge is -2.08. The number of hydrogen-bond acceptors (Lipinski definition) is 3. The molecule has 0 radical (unpaired) electrons. The molecule has 0 saturated heterocycles. The van der Waals surface area contributed by atoms with E-state index in [1.165, 1.54) is 18.2 Å².